The van der Waals surface area contributed by atoms with E-state index in [1.54, 1.807) is 11.8 Å². The van der Waals surface area contributed by atoms with Gasteiger partial charge < -0.3 is 10.4 Å². The second kappa shape index (κ2) is 6.38. The molecule has 0 heterocycles. The third kappa shape index (κ3) is 3.50. The lowest BCUT2D eigenvalue weighted by atomic mass is 9.47. The van der Waals surface area contributed by atoms with Crippen LogP contribution in [0.3, 0.4) is 0 Å². The van der Waals surface area contributed by atoms with E-state index in [1.807, 2.05) is 18.2 Å². The molecule has 0 aromatic heterocycles. The lowest BCUT2D eigenvalue weighted by Gasteiger charge is -2.60. The fourth-order valence-electron chi connectivity index (χ4n) is 5.89. The zero-order valence-corrected chi connectivity index (χ0v) is 15.0. The molecule has 1 amide bonds. The van der Waals surface area contributed by atoms with Crippen LogP contribution in [-0.4, -0.2) is 28.9 Å². The van der Waals surface area contributed by atoms with Gasteiger partial charge in [0.05, 0.1) is 5.60 Å². The Balaban J connectivity index is 1.26. The van der Waals surface area contributed by atoms with Crippen LogP contribution in [0.2, 0.25) is 0 Å². The van der Waals surface area contributed by atoms with Crippen molar-refractivity contribution in [1.29, 1.82) is 0 Å². The summed E-state index contributed by atoms with van der Waals surface area (Å²) < 4.78 is 0. The molecule has 4 aliphatic carbocycles. The van der Waals surface area contributed by atoms with Crippen molar-refractivity contribution in [3.05, 3.63) is 30.3 Å². The van der Waals surface area contributed by atoms with E-state index in [0.29, 0.717) is 24.8 Å². The smallest absolute Gasteiger partial charge is 0.220 e. The van der Waals surface area contributed by atoms with Crippen LogP contribution >= 0.6 is 11.8 Å². The standard InChI is InChI=1S/C20H27NO2S/c22-18(21-6-7-24-17-4-2-1-3-5-17)13-19-9-15-8-16(10-19)12-20(23,11-15)14-19/h1-5,15-16,23H,6-14H2,(H,21,22). The number of aliphatic hydroxyl groups is 1. The van der Waals surface area contributed by atoms with Crippen LogP contribution in [0, 0.1) is 17.3 Å². The number of rotatable bonds is 6. The molecule has 3 nitrogen and oxygen atoms in total. The van der Waals surface area contributed by atoms with E-state index in [1.165, 1.54) is 11.3 Å². The zero-order valence-electron chi connectivity index (χ0n) is 14.2. The van der Waals surface area contributed by atoms with Gasteiger partial charge in [0, 0.05) is 23.6 Å². The van der Waals surface area contributed by atoms with Gasteiger partial charge in [-0.1, -0.05) is 18.2 Å². The number of nitrogens with one attached hydrogen (secondary N) is 1. The largest absolute Gasteiger partial charge is 0.390 e. The van der Waals surface area contributed by atoms with Gasteiger partial charge in [-0.3, -0.25) is 4.79 Å². The molecule has 4 saturated carbocycles. The van der Waals surface area contributed by atoms with E-state index < -0.39 is 5.60 Å². The number of benzene rings is 1. The van der Waals surface area contributed by atoms with Crippen molar-refractivity contribution in [3.63, 3.8) is 0 Å². The Bertz CT molecular complexity index is 589. The van der Waals surface area contributed by atoms with Crippen molar-refractivity contribution in [1.82, 2.24) is 5.32 Å². The van der Waals surface area contributed by atoms with Gasteiger partial charge in [0.25, 0.3) is 0 Å². The summed E-state index contributed by atoms with van der Waals surface area (Å²) in [5, 5.41) is 13.9. The van der Waals surface area contributed by atoms with Gasteiger partial charge in [0.15, 0.2) is 0 Å². The van der Waals surface area contributed by atoms with Gasteiger partial charge in [0.1, 0.15) is 0 Å². The molecule has 2 N–H and O–H groups in total. The molecule has 0 saturated heterocycles. The topological polar surface area (TPSA) is 49.3 Å². The van der Waals surface area contributed by atoms with Gasteiger partial charge in [-0.15, -0.1) is 11.8 Å². The molecule has 1 aromatic carbocycles. The van der Waals surface area contributed by atoms with E-state index in [0.717, 1.165) is 37.9 Å². The number of hydrogen-bond donors (Lipinski definition) is 2. The first-order valence-electron chi connectivity index (χ1n) is 9.21. The molecule has 0 spiro atoms. The van der Waals surface area contributed by atoms with Crippen LogP contribution in [-0.2, 0) is 4.79 Å². The maximum absolute atomic E-state index is 12.4. The van der Waals surface area contributed by atoms with Crippen LogP contribution in [0.15, 0.2) is 35.2 Å². The Morgan fingerprint density at radius 2 is 1.88 bits per heavy atom. The van der Waals surface area contributed by atoms with Crippen LogP contribution in [0.1, 0.15) is 44.9 Å². The minimum Gasteiger partial charge on any atom is -0.390 e. The summed E-state index contributed by atoms with van der Waals surface area (Å²) >= 11 is 1.78. The molecule has 4 fully saturated rings. The second-order valence-corrected chi connectivity index (χ2v) is 9.54. The number of carbonyl (C=O) groups is 1. The van der Waals surface area contributed by atoms with Gasteiger partial charge in [-0.25, -0.2) is 0 Å². The molecule has 1 aromatic rings. The Morgan fingerprint density at radius 1 is 1.17 bits per heavy atom. The van der Waals surface area contributed by atoms with E-state index in [-0.39, 0.29) is 11.3 Å². The van der Waals surface area contributed by atoms with Crippen molar-refractivity contribution in [2.24, 2.45) is 17.3 Å². The third-order valence-corrected chi connectivity index (χ3v) is 7.14. The van der Waals surface area contributed by atoms with Crippen molar-refractivity contribution in [2.75, 3.05) is 12.3 Å². The van der Waals surface area contributed by atoms with Crippen molar-refractivity contribution >= 4 is 17.7 Å². The summed E-state index contributed by atoms with van der Waals surface area (Å²) in [7, 11) is 0. The minimum absolute atomic E-state index is 0.0789. The van der Waals surface area contributed by atoms with Crippen LogP contribution in [0.5, 0.6) is 0 Å². The molecule has 4 bridgehead atoms. The van der Waals surface area contributed by atoms with Gasteiger partial charge in [0.2, 0.25) is 5.91 Å². The van der Waals surface area contributed by atoms with Crippen molar-refractivity contribution < 1.29 is 9.90 Å². The summed E-state index contributed by atoms with van der Waals surface area (Å²) in [6.45, 7) is 0.714. The third-order valence-electron chi connectivity index (χ3n) is 6.12. The Morgan fingerprint density at radius 3 is 2.54 bits per heavy atom. The average Bonchev–Trinajstić information content (AvgIpc) is 2.49. The molecule has 4 heteroatoms. The first-order chi connectivity index (χ1) is 11.5. The zero-order chi connectivity index (χ0) is 16.6. The predicted octanol–water partition coefficient (Wildman–Crippen LogP) is 3.62. The van der Waals surface area contributed by atoms with Crippen molar-refractivity contribution in [2.45, 2.75) is 55.4 Å². The normalized spacial score (nSPS) is 36.7. The molecule has 5 rings (SSSR count). The summed E-state index contributed by atoms with van der Waals surface area (Å²) in [5.41, 5.74) is -0.386. The Labute approximate surface area is 148 Å². The first kappa shape index (κ1) is 16.5. The van der Waals surface area contributed by atoms with Gasteiger partial charge in [-0.05, 0) is 67.9 Å². The van der Waals surface area contributed by atoms with Gasteiger partial charge in [-0.2, -0.15) is 0 Å². The molecule has 0 aliphatic heterocycles. The molecular formula is C20H27NO2S. The van der Waals surface area contributed by atoms with E-state index in [9.17, 15) is 9.90 Å². The fourth-order valence-corrected chi connectivity index (χ4v) is 6.68. The maximum Gasteiger partial charge on any atom is 0.220 e. The minimum atomic E-state index is -0.465. The van der Waals surface area contributed by atoms with Gasteiger partial charge >= 0.3 is 0 Å². The van der Waals surface area contributed by atoms with Crippen LogP contribution < -0.4 is 5.32 Å². The first-order valence-corrected chi connectivity index (χ1v) is 10.2. The Hall–Kier alpha value is -1.00. The molecule has 130 valence electrons. The highest BCUT2D eigenvalue weighted by Crippen LogP contribution is 2.62. The lowest BCUT2D eigenvalue weighted by Crippen LogP contribution is -2.56. The molecule has 24 heavy (non-hydrogen) atoms. The lowest BCUT2D eigenvalue weighted by molar-refractivity contribution is -0.169. The highest BCUT2D eigenvalue weighted by molar-refractivity contribution is 7.99. The second-order valence-electron chi connectivity index (χ2n) is 8.37. The van der Waals surface area contributed by atoms with E-state index >= 15 is 0 Å². The number of carbonyl (C=O) groups excluding carboxylic acids is 1. The maximum atomic E-state index is 12.4. The average molecular weight is 346 g/mol. The molecule has 0 radical (unpaired) electrons. The summed E-state index contributed by atoms with van der Waals surface area (Å²) in [4.78, 5) is 13.7. The molecule has 2 atom stereocenters. The monoisotopic (exact) mass is 345 g/mol. The summed E-state index contributed by atoms with van der Waals surface area (Å²) in [6, 6.07) is 10.3. The highest BCUT2D eigenvalue weighted by atomic mass is 32.2. The fraction of sp³-hybridized carbons (Fsp3) is 0.650. The number of hydrogen-bond acceptors (Lipinski definition) is 3. The molecule has 2 unspecified atom stereocenters. The SMILES string of the molecule is O=C(CC12CC3CC(CC(O)(C3)C1)C2)NCCSc1ccccc1. The van der Waals surface area contributed by atoms with E-state index in [2.05, 4.69) is 17.4 Å². The molecule has 4 aliphatic rings. The number of amides is 1. The van der Waals surface area contributed by atoms with Crippen LogP contribution in [0.4, 0.5) is 0 Å². The predicted molar refractivity (Wildman–Crippen MR) is 96.9 cm³/mol. The summed E-state index contributed by atoms with van der Waals surface area (Å²) in [5.74, 6) is 2.38. The highest BCUT2D eigenvalue weighted by Gasteiger charge is 2.57. The quantitative estimate of drug-likeness (QED) is 0.611. The van der Waals surface area contributed by atoms with Crippen LogP contribution in [0.25, 0.3) is 0 Å². The Kier molecular flexibility index (Phi) is 4.38. The van der Waals surface area contributed by atoms with E-state index in [4.69, 9.17) is 0 Å². The summed E-state index contributed by atoms with van der Waals surface area (Å²) in [6.07, 6.45) is 6.98. The number of thioether (sulfide) groups is 1. The molecular weight excluding hydrogens is 318 g/mol. The van der Waals surface area contributed by atoms with Crippen molar-refractivity contribution in [3.8, 4) is 0 Å².